The van der Waals surface area contributed by atoms with Crippen LogP contribution in [0.4, 0.5) is 11.6 Å². The Bertz CT molecular complexity index is 1490. The fraction of sp³-hybridized carbons (Fsp3) is 0.441. The van der Waals surface area contributed by atoms with Gasteiger partial charge >= 0.3 is 0 Å². The van der Waals surface area contributed by atoms with E-state index in [0.717, 1.165) is 70.5 Å². The van der Waals surface area contributed by atoms with Gasteiger partial charge in [0.15, 0.2) is 5.65 Å². The summed E-state index contributed by atoms with van der Waals surface area (Å²) in [5, 5.41) is 15.7. The van der Waals surface area contributed by atoms with Crippen LogP contribution in [0.5, 0.6) is 5.75 Å². The number of aromatic nitrogens is 5. The first-order valence-corrected chi connectivity index (χ1v) is 15.8. The number of nitrogens with zero attached hydrogens (tertiary/aromatic N) is 5. The summed E-state index contributed by atoms with van der Waals surface area (Å²) in [6.07, 6.45) is 6.54. The van der Waals surface area contributed by atoms with Gasteiger partial charge < -0.3 is 25.0 Å². The molecule has 0 bridgehead atoms. The third kappa shape index (κ3) is 8.94. The highest BCUT2D eigenvalue weighted by molar-refractivity contribution is 5.77. The van der Waals surface area contributed by atoms with Gasteiger partial charge in [-0.15, -0.1) is 0 Å². The summed E-state index contributed by atoms with van der Waals surface area (Å²) < 4.78 is 7.89. The molecule has 232 valence electrons. The zero-order valence-electron chi connectivity index (χ0n) is 26.7. The summed E-state index contributed by atoms with van der Waals surface area (Å²) in [4.78, 5) is 15.6. The van der Waals surface area contributed by atoms with Crippen molar-refractivity contribution in [3.05, 3.63) is 77.7 Å². The van der Waals surface area contributed by atoms with Crippen LogP contribution in [-0.4, -0.2) is 49.4 Å². The molecule has 3 N–H and O–H groups in total. The van der Waals surface area contributed by atoms with E-state index in [0.29, 0.717) is 13.2 Å². The number of H-pyrrole nitrogens is 1. The van der Waals surface area contributed by atoms with Crippen molar-refractivity contribution in [2.75, 3.05) is 29.9 Å². The zero-order chi connectivity index (χ0) is 31.0. The molecule has 9 nitrogen and oxygen atoms in total. The molecule has 0 radical (unpaired) electrons. The lowest BCUT2D eigenvalue weighted by atomic mass is 10.1. The Kier molecular flexibility index (Phi) is 13.8. The van der Waals surface area contributed by atoms with E-state index in [1.54, 1.807) is 6.92 Å². The second-order valence-corrected chi connectivity index (χ2v) is 9.61. The first kappa shape index (κ1) is 33.4. The van der Waals surface area contributed by atoms with E-state index in [2.05, 4.69) is 45.4 Å². The van der Waals surface area contributed by atoms with Crippen LogP contribution in [0.3, 0.4) is 0 Å². The molecule has 1 aliphatic rings. The van der Waals surface area contributed by atoms with Crippen molar-refractivity contribution in [1.29, 1.82) is 0 Å². The van der Waals surface area contributed by atoms with Crippen LogP contribution < -0.4 is 15.0 Å². The van der Waals surface area contributed by atoms with E-state index in [1.165, 1.54) is 19.3 Å². The molecule has 0 amide bonds. The molecule has 3 aromatic heterocycles. The average Bonchev–Trinajstić information content (AvgIpc) is 3.69. The van der Waals surface area contributed by atoms with Crippen LogP contribution in [0.15, 0.2) is 60.8 Å². The van der Waals surface area contributed by atoms with E-state index in [9.17, 15) is 0 Å². The first-order chi connectivity index (χ1) is 21.2. The highest BCUT2D eigenvalue weighted by Gasteiger charge is 2.17. The number of imidazole rings is 1. The molecule has 0 atom stereocenters. The molecular formula is C34H49N7O2. The van der Waals surface area contributed by atoms with Gasteiger partial charge in [-0.25, -0.2) is 9.97 Å². The highest BCUT2D eigenvalue weighted by Crippen LogP contribution is 2.25. The molecule has 0 saturated carbocycles. The predicted octanol–water partition coefficient (Wildman–Crippen LogP) is 7.40. The van der Waals surface area contributed by atoms with Gasteiger partial charge in [0, 0.05) is 37.4 Å². The summed E-state index contributed by atoms with van der Waals surface area (Å²) in [5.41, 5.74) is 5.10. The summed E-state index contributed by atoms with van der Waals surface area (Å²) in [7, 11) is 0. The minimum Gasteiger partial charge on any atom is -0.489 e. The Hall–Kier alpha value is -4.11. The topological polar surface area (TPSA) is 104 Å². The second-order valence-electron chi connectivity index (χ2n) is 9.61. The maximum atomic E-state index is 7.57. The van der Waals surface area contributed by atoms with Crippen LogP contribution >= 0.6 is 0 Å². The van der Waals surface area contributed by atoms with Crippen molar-refractivity contribution in [3.8, 4) is 5.75 Å². The molecule has 1 aliphatic heterocycles. The van der Waals surface area contributed by atoms with Crippen LogP contribution in [0.1, 0.15) is 77.8 Å². The van der Waals surface area contributed by atoms with Crippen LogP contribution in [0, 0.1) is 0 Å². The number of aromatic amines is 1. The molecule has 4 heterocycles. The largest absolute Gasteiger partial charge is 0.489 e. The smallest absolute Gasteiger partial charge is 0.162 e. The van der Waals surface area contributed by atoms with Crippen LogP contribution in [0.2, 0.25) is 0 Å². The van der Waals surface area contributed by atoms with Gasteiger partial charge in [-0.05, 0) is 50.3 Å². The molecule has 43 heavy (non-hydrogen) atoms. The van der Waals surface area contributed by atoms with E-state index in [4.69, 9.17) is 19.8 Å². The standard InChI is InChI=1S/C28H31N7O.C2H6O.2C2H6/c1-2-21-17-30-35-26(16-27(33-28(21)35)34-13-7-4-8-14-34)29-18-25-31-23-12-11-22(15-24(23)32-25)36-19-20-9-5-3-6-10-20;1-2-3;2*1-2/h3,5-6,9-12,15-17,29H,2,4,7-8,13-14,18-19H2,1H3,(H,31,32);3H,2H2,1H3;2*1-2H3. The Labute approximate surface area is 256 Å². The van der Waals surface area contributed by atoms with Crippen LogP contribution in [-0.2, 0) is 19.6 Å². The van der Waals surface area contributed by atoms with E-state index in [1.807, 2.05) is 74.8 Å². The van der Waals surface area contributed by atoms with E-state index < -0.39 is 0 Å². The van der Waals surface area contributed by atoms with Crippen molar-refractivity contribution in [3.63, 3.8) is 0 Å². The SMILES string of the molecule is CC.CC.CCO.CCc1cnn2c(NCc3nc4ccc(OCc5ccccc5)cc4[nH]3)cc(N3CCCCC3)nc12. The first-order valence-electron chi connectivity index (χ1n) is 15.8. The molecule has 0 aliphatic carbocycles. The Morgan fingerprint density at radius 3 is 2.35 bits per heavy atom. The number of ether oxygens (including phenoxy) is 1. The number of aliphatic hydroxyl groups excluding tert-OH is 1. The van der Waals surface area contributed by atoms with Gasteiger partial charge in [0.1, 0.15) is 29.8 Å². The number of nitrogens with one attached hydrogen (secondary N) is 2. The normalized spacial score (nSPS) is 12.4. The van der Waals surface area contributed by atoms with E-state index >= 15 is 0 Å². The number of aryl methyl sites for hydroxylation is 1. The fourth-order valence-corrected chi connectivity index (χ4v) is 4.79. The van der Waals surface area contributed by atoms with Crippen LogP contribution in [0.25, 0.3) is 16.7 Å². The molecule has 2 aromatic carbocycles. The Balaban J connectivity index is 0.000000670. The molecule has 5 aromatic rings. The molecule has 9 heteroatoms. The van der Waals surface area contributed by atoms with Crippen molar-refractivity contribution >= 4 is 28.3 Å². The number of fused-ring (bicyclic) bond motifs is 2. The minimum absolute atomic E-state index is 0.250. The van der Waals surface area contributed by atoms with Crippen molar-refractivity contribution in [2.24, 2.45) is 0 Å². The minimum atomic E-state index is 0.250. The molecular weight excluding hydrogens is 538 g/mol. The van der Waals surface area contributed by atoms with Crippen molar-refractivity contribution < 1.29 is 9.84 Å². The zero-order valence-corrected chi connectivity index (χ0v) is 26.7. The monoisotopic (exact) mass is 587 g/mol. The number of aliphatic hydroxyl groups is 1. The lowest BCUT2D eigenvalue weighted by Crippen LogP contribution is -2.30. The number of benzene rings is 2. The summed E-state index contributed by atoms with van der Waals surface area (Å²) in [6.45, 7) is 15.3. The Morgan fingerprint density at radius 2 is 1.65 bits per heavy atom. The molecule has 1 saturated heterocycles. The molecule has 0 unspecified atom stereocenters. The average molecular weight is 588 g/mol. The third-order valence-electron chi connectivity index (χ3n) is 6.78. The maximum absolute atomic E-state index is 7.57. The lowest BCUT2D eigenvalue weighted by Gasteiger charge is -2.28. The van der Waals surface area contributed by atoms with Gasteiger partial charge in [-0.2, -0.15) is 9.61 Å². The fourth-order valence-electron chi connectivity index (χ4n) is 4.79. The molecule has 0 spiro atoms. The highest BCUT2D eigenvalue weighted by atomic mass is 16.5. The second kappa shape index (κ2) is 17.8. The summed E-state index contributed by atoms with van der Waals surface area (Å²) in [5.74, 6) is 3.62. The third-order valence-corrected chi connectivity index (χ3v) is 6.78. The van der Waals surface area contributed by atoms with Gasteiger partial charge in [-0.3, -0.25) is 0 Å². The van der Waals surface area contributed by atoms with E-state index in [-0.39, 0.29) is 6.61 Å². The molecule has 1 fully saturated rings. The predicted molar refractivity (Wildman–Crippen MR) is 178 cm³/mol. The van der Waals surface area contributed by atoms with Gasteiger partial charge in [0.05, 0.1) is 23.8 Å². The molecule has 6 rings (SSSR count). The number of hydrogen-bond acceptors (Lipinski definition) is 7. The number of anilines is 2. The Morgan fingerprint density at radius 1 is 0.930 bits per heavy atom. The van der Waals surface area contributed by atoms with Gasteiger partial charge in [0.2, 0.25) is 0 Å². The number of rotatable bonds is 8. The van der Waals surface area contributed by atoms with Crippen molar-refractivity contribution in [1.82, 2.24) is 24.6 Å². The van der Waals surface area contributed by atoms with Crippen molar-refractivity contribution in [2.45, 2.75) is 80.4 Å². The van der Waals surface area contributed by atoms with Gasteiger partial charge in [0.25, 0.3) is 0 Å². The lowest BCUT2D eigenvalue weighted by molar-refractivity contribution is 0.306. The number of hydrogen-bond donors (Lipinski definition) is 3. The quantitative estimate of drug-likeness (QED) is 0.174. The number of piperidine rings is 1. The maximum Gasteiger partial charge on any atom is 0.162 e. The summed E-state index contributed by atoms with van der Waals surface area (Å²) >= 11 is 0. The van der Waals surface area contributed by atoms with Gasteiger partial charge in [-0.1, -0.05) is 65.0 Å². The summed E-state index contributed by atoms with van der Waals surface area (Å²) in [6, 6.07) is 18.3.